The van der Waals surface area contributed by atoms with Crippen molar-refractivity contribution < 1.29 is 18.7 Å². The third kappa shape index (κ3) is 3.82. The van der Waals surface area contributed by atoms with Crippen LogP contribution in [0.4, 0.5) is 4.39 Å². The van der Waals surface area contributed by atoms with E-state index < -0.39 is 5.79 Å². The molecule has 0 aliphatic carbocycles. The number of piperidine rings is 1. The van der Waals surface area contributed by atoms with Gasteiger partial charge < -0.3 is 14.4 Å². The lowest BCUT2D eigenvalue weighted by Crippen LogP contribution is -2.47. The van der Waals surface area contributed by atoms with Crippen molar-refractivity contribution in [2.75, 3.05) is 26.3 Å². The summed E-state index contributed by atoms with van der Waals surface area (Å²) < 4.78 is 26.5. The van der Waals surface area contributed by atoms with Crippen LogP contribution in [0.25, 0.3) is 0 Å². The summed E-state index contributed by atoms with van der Waals surface area (Å²) in [5, 5.41) is 4.60. The van der Waals surface area contributed by atoms with Crippen LogP contribution in [0.1, 0.15) is 35.4 Å². The molecule has 2 fully saturated rings. The Balaban J connectivity index is 1.41. The van der Waals surface area contributed by atoms with Crippen molar-refractivity contribution in [2.24, 2.45) is 0 Å². The zero-order chi connectivity index (χ0) is 19.7. The van der Waals surface area contributed by atoms with Crippen LogP contribution < -0.4 is 0 Å². The van der Waals surface area contributed by atoms with Crippen LogP contribution in [-0.4, -0.2) is 52.7 Å². The summed E-state index contributed by atoms with van der Waals surface area (Å²) in [6.45, 7) is 7.06. The molecule has 2 aliphatic heterocycles. The number of carbonyl (C=O) groups is 1. The van der Waals surface area contributed by atoms with E-state index in [2.05, 4.69) is 5.10 Å². The van der Waals surface area contributed by atoms with Crippen molar-refractivity contribution in [1.82, 2.24) is 14.7 Å². The average Bonchev–Trinajstić information content (AvgIpc) is 3.24. The Morgan fingerprint density at radius 1 is 1.14 bits per heavy atom. The van der Waals surface area contributed by atoms with E-state index in [0.717, 1.165) is 35.4 Å². The van der Waals surface area contributed by atoms with Crippen LogP contribution in [0.3, 0.4) is 0 Å². The van der Waals surface area contributed by atoms with Crippen molar-refractivity contribution in [2.45, 2.75) is 45.4 Å². The first-order valence-corrected chi connectivity index (χ1v) is 9.79. The number of aromatic nitrogens is 2. The molecule has 7 heteroatoms. The topological polar surface area (TPSA) is 56.6 Å². The third-order valence-corrected chi connectivity index (χ3v) is 5.80. The highest BCUT2D eigenvalue weighted by Gasteiger charge is 2.40. The Labute approximate surface area is 164 Å². The molecule has 1 aromatic heterocycles. The van der Waals surface area contributed by atoms with Gasteiger partial charge in [-0.15, -0.1) is 0 Å². The van der Waals surface area contributed by atoms with Gasteiger partial charge in [0.15, 0.2) is 5.79 Å². The molecule has 6 nitrogen and oxygen atoms in total. The highest BCUT2D eigenvalue weighted by molar-refractivity contribution is 5.79. The largest absolute Gasteiger partial charge is 0.347 e. The number of carbonyl (C=O) groups excluding carboxylic acids is 1. The lowest BCUT2D eigenvalue weighted by Gasteiger charge is -2.37. The molecule has 2 aliphatic rings. The number of aryl methyl sites for hydroxylation is 1. The molecule has 4 rings (SSSR count). The summed E-state index contributed by atoms with van der Waals surface area (Å²) in [6, 6.07) is 6.42. The molecule has 1 aromatic carbocycles. The highest BCUT2D eigenvalue weighted by Crippen LogP contribution is 2.31. The molecule has 0 unspecified atom stereocenters. The Hall–Kier alpha value is -2.25. The van der Waals surface area contributed by atoms with Gasteiger partial charge in [0.25, 0.3) is 0 Å². The molecule has 0 radical (unpaired) electrons. The Morgan fingerprint density at radius 3 is 2.43 bits per heavy atom. The Bertz CT molecular complexity index is 847. The predicted octanol–water partition coefficient (Wildman–Crippen LogP) is 2.60. The number of halogens is 1. The molecule has 0 saturated carbocycles. The van der Waals surface area contributed by atoms with Crippen LogP contribution in [-0.2, 0) is 27.2 Å². The van der Waals surface area contributed by atoms with E-state index in [1.165, 1.54) is 12.1 Å². The van der Waals surface area contributed by atoms with Crippen molar-refractivity contribution in [3.8, 4) is 0 Å². The normalized spacial score (nSPS) is 18.8. The number of likely N-dealkylation sites (tertiary alicyclic amines) is 1. The second kappa shape index (κ2) is 7.64. The first kappa shape index (κ1) is 19.1. The molecule has 3 heterocycles. The van der Waals surface area contributed by atoms with Gasteiger partial charge in [0.2, 0.25) is 5.91 Å². The van der Waals surface area contributed by atoms with E-state index in [1.807, 2.05) is 23.4 Å². The zero-order valence-electron chi connectivity index (χ0n) is 16.4. The smallest absolute Gasteiger partial charge is 0.227 e. The van der Waals surface area contributed by atoms with E-state index in [1.54, 1.807) is 12.1 Å². The van der Waals surface area contributed by atoms with Gasteiger partial charge in [-0.2, -0.15) is 5.10 Å². The van der Waals surface area contributed by atoms with E-state index in [-0.39, 0.29) is 11.7 Å². The van der Waals surface area contributed by atoms with Gasteiger partial charge in [-0.05, 0) is 31.5 Å². The van der Waals surface area contributed by atoms with Crippen LogP contribution in [0.15, 0.2) is 24.3 Å². The van der Waals surface area contributed by atoms with E-state index in [9.17, 15) is 9.18 Å². The first-order chi connectivity index (χ1) is 13.5. The summed E-state index contributed by atoms with van der Waals surface area (Å²) in [6.07, 6.45) is 1.79. The molecule has 0 atom stereocenters. The van der Waals surface area contributed by atoms with Gasteiger partial charge in [-0.25, -0.2) is 4.39 Å². The highest BCUT2D eigenvalue weighted by atomic mass is 19.1. The Kier molecular flexibility index (Phi) is 5.21. The van der Waals surface area contributed by atoms with Crippen molar-refractivity contribution in [3.05, 3.63) is 52.6 Å². The summed E-state index contributed by atoms with van der Waals surface area (Å²) in [4.78, 5) is 14.7. The van der Waals surface area contributed by atoms with Gasteiger partial charge in [-0.3, -0.25) is 9.48 Å². The fourth-order valence-corrected chi connectivity index (χ4v) is 4.05. The summed E-state index contributed by atoms with van der Waals surface area (Å²) in [5.74, 6) is -0.608. The molecule has 150 valence electrons. The number of nitrogens with zero attached hydrogens (tertiary/aromatic N) is 3. The molecule has 0 bridgehead atoms. The SMILES string of the molecule is Cc1nn(Cc2ccc(F)cc2)c(C)c1CC(=O)N1CCC2(CC1)OCCO2. The van der Waals surface area contributed by atoms with Crippen molar-refractivity contribution in [3.63, 3.8) is 0 Å². The Morgan fingerprint density at radius 2 is 1.79 bits per heavy atom. The van der Waals surface area contributed by atoms with Crippen LogP contribution in [0.2, 0.25) is 0 Å². The fourth-order valence-electron chi connectivity index (χ4n) is 4.05. The van der Waals surface area contributed by atoms with Crippen molar-refractivity contribution >= 4 is 5.91 Å². The van der Waals surface area contributed by atoms with Crippen LogP contribution >= 0.6 is 0 Å². The second-order valence-electron chi connectivity index (χ2n) is 7.60. The quantitative estimate of drug-likeness (QED) is 0.809. The van der Waals surface area contributed by atoms with Crippen LogP contribution in [0, 0.1) is 19.7 Å². The minimum Gasteiger partial charge on any atom is -0.347 e. The standard InChI is InChI=1S/C21H26FN3O3/c1-15-19(16(2)25(23-15)14-17-3-5-18(22)6-4-17)13-20(26)24-9-7-21(8-10-24)27-11-12-28-21/h3-6H,7-14H2,1-2H3. The molecule has 0 N–H and O–H groups in total. The maximum atomic E-state index is 13.1. The summed E-state index contributed by atoms with van der Waals surface area (Å²) in [7, 11) is 0. The monoisotopic (exact) mass is 387 g/mol. The molecular weight excluding hydrogens is 361 g/mol. The minimum atomic E-state index is -0.470. The number of amides is 1. The van der Waals surface area contributed by atoms with E-state index >= 15 is 0 Å². The van der Waals surface area contributed by atoms with E-state index in [0.29, 0.717) is 39.3 Å². The molecule has 28 heavy (non-hydrogen) atoms. The van der Waals surface area contributed by atoms with Crippen LogP contribution in [0.5, 0.6) is 0 Å². The van der Waals surface area contributed by atoms with Gasteiger partial charge in [0.05, 0.1) is 31.9 Å². The zero-order valence-corrected chi connectivity index (χ0v) is 16.4. The lowest BCUT2D eigenvalue weighted by molar-refractivity contribution is -0.187. The second-order valence-corrected chi connectivity index (χ2v) is 7.60. The van der Waals surface area contributed by atoms with Gasteiger partial charge in [-0.1, -0.05) is 12.1 Å². The van der Waals surface area contributed by atoms with Gasteiger partial charge in [0, 0.05) is 37.2 Å². The average molecular weight is 387 g/mol. The first-order valence-electron chi connectivity index (χ1n) is 9.79. The van der Waals surface area contributed by atoms with Gasteiger partial charge in [0.1, 0.15) is 5.82 Å². The third-order valence-electron chi connectivity index (χ3n) is 5.80. The predicted molar refractivity (Wildman–Crippen MR) is 101 cm³/mol. The number of rotatable bonds is 4. The summed E-state index contributed by atoms with van der Waals surface area (Å²) >= 11 is 0. The van der Waals surface area contributed by atoms with E-state index in [4.69, 9.17) is 9.47 Å². The molecule has 2 saturated heterocycles. The number of benzene rings is 1. The fraction of sp³-hybridized carbons (Fsp3) is 0.524. The number of hydrogen-bond donors (Lipinski definition) is 0. The molecule has 1 spiro atoms. The maximum Gasteiger partial charge on any atom is 0.227 e. The van der Waals surface area contributed by atoms with Crippen molar-refractivity contribution in [1.29, 1.82) is 0 Å². The summed E-state index contributed by atoms with van der Waals surface area (Å²) in [5.41, 5.74) is 3.79. The minimum absolute atomic E-state index is 0.111. The number of hydrogen-bond acceptors (Lipinski definition) is 4. The molecule has 2 aromatic rings. The lowest BCUT2D eigenvalue weighted by atomic mass is 10.0. The maximum absolute atomic E-state index is 13.1. The van der Waals surface area contributed by atoms with Gasteiger partial charge >= 0.3 is 0 Å². The number of ether oxygens (including phenoxy) is 2. The molecular formula is C21H26FN3O3. The molecule has 1 amide bonds.